The smallest absolute Gasteiger partial charge is 0.191 e. The molecule has 1 saturated heterocycles. The number of hydrogen-bond acceptors (Lipinski definition) is 4. The zero-order chi connectivity index (χ0) is 20.5. The molecular formula is C22H29FN4O2. The number of halogens is 1. The summed E-state index contributed by atoms with van der Waals surface area (Å²) in [6.07, 6.45) is -0.143. The minimum absolute atomic E-state index is 0.143. The molecular weight excluding hydrogens is 371 g/mol. The number of nitrogens with zero attached hydrogens (tertiary/aromatic N) is 2. The van der Waals surface area contributed by atoms with E-state index in [1.807, 2.05) is 13.0 Å². The second-order valence-electron chi connectivity index (χ2n) is 6.92. The van der Waals surface area contributed by atoms with E-state index in [9.17, 15) is 4.39 Å². The zero-order valence-electron chi connectivity index (χ0n) is 17.0. The minimum Gasteiger partial charge on any atom is -0.489 e. The molecule has 6 nitrogen and oxygen atoms in total. The van der Waals surface area contributed by atoms with Crippen LogP contribution < -0.4 is 20.3 Å². The highest BCUT2D eigenvalue weighted by atomic mass is 19.1. The van der Waals surface area contributed by atoms with Crippen LogP contribution >= 0.6 is 0 Å². The van der Waals surface area contributed by atoms with Crippen LogP contribution in [0.2, 0.25) is 0 Å². The largest absolute Gasteiger partial charge is 0.489 e. The Labute approximate surface area is 171 Å². The number of morpholine rings is 1. The molecule has 0 aliphatic carbocycles. The molecule has 3 rings (SSSR count). The molecule has 2 N–H and O–H groups in total. The summed E-state index contributed by atoms with van der Waals surface area (Å²) in [6.45, 7) is 6.45. The molecule has 156 valence electrons. The summed E-state index contributed by atoms with van der Waals surface area (Å²) >= 11 is 0. The topological polar surface area (TPSA) is 58.1 Å². The van der Waals surface area contributed by atoms with Gasteiger partial charge in [-0.2, -0.15) is 0 Å². The first-order valence-electron chi connectivity index (χ1n) is 9.93. The van der Waals surface area contributed by atoms with Crippen LogP contribution in [0.15, 0.2) is 53.5 Å². The molecule has 1 aliphatic rings. The monoisotopic (exact) mass is 400 g/mol. The quantitative estimate of drug-likeness (QED) is 0.553. The van der Waals surface area contributed by atoms with Crippen LogP contribution in [-0.2, 0) is 11.3 Å². The Balaban J connectivity index is 1.50. The van der Waals surface area contributed by atoms with Gasteiger partial charge >= 0.3 is 0 Å². The van der Waals surface area contributed by atoms with Crippen LogP contribution in [0.4, 0.5) is 10.1 Å². The van der Waals surface area contributed by atoms with E-state index in [1.165, 1.54) is 23.4 Å². The van der Waals surface area contributed by atoms with E-state index in [1.54, 1.807) is 19.2 Å². The lowest BCUT2D eigenvalue weighted by Crippen LogP contribution is -2.42. The van der Waals surface area contributed by atoms with E-state index in [2.05, 4.69) is 38.7 Å². The van der Waals surface area contributed by atoms with Crippen molar-refractivity contribution >= 4 is 11.6 Å². The van der Waals surface area contributed by atoms with Gasteiger partial charge in [0.25, 0.3) is 0 Å². The maximum absolute atomic E-state index is 13.3. The average molecular weight is 400 g/mol. The Bertz CT molecular complexity index is 809. The van der Waals surface area contributed by atoms with Crippen molar-refractivity contribution < 1.29 is 13.9 Å². The number of aliphatic imine (C=N–C) groups is 1. The van der Waals surface area contributed by atoms with Gasteiger partial charge in [-0.15, -0.1) is 0 Å². The molecule has 0 amide bonds. The molecule has 1 atom stereocenters. The summed E-state index contributed by atoms with van der Waals surface area (Å²) in [5.41, 5.74) is 2.43. The van der Waals surface area contributed by atoms with Crippen LogP contribution in [0.1, 0.15) is 12.5 Å². The maximum Gasteiger partial charge on any atom is 0.191 e. The SMILES string of the molecule is CN=C(NCc1ccccc1N1CCOCC1)NCC(C)Oc1cccc(F)c1. The summed E-state index contributed by atoms with van der Waals surface area (Å²) in [4.78, 5) is 6.64. The second kappa shape index (κ2) is 10.7. The molecule has 0 spiro atoms. The number of para-hydroxylation sites is 1. The summed E-state index contributed by atoms with van der Waals surface area (Å²) in [7, 11) is 1.74. The highest BCUT2D eigenvalue weighted by Gasteiger charge is 2.14. The van der Waals surface area contributed by atoms with Crippen molar-refractivity contribution in [3.8, 4) is 5.75 Å². The van der Waals surface area contributed by atoms with Gasteiger partial charge in [0, 0.05) is 38.4 Å². The summed E-state index contributed by atoms with van der Waals surface area (Å²) in [6, 6.07) is 14.5. The second-order valence-corrected chi connectivity index (χ2v) is 6.92. The molecule has 1 aliphatic heterocycles. The predicted molar refractivity (Wildman–Crippen MR) is 114 cm³/mol. The van der Waals surface area contributed by atoms with Crippen molar-refractivity contribution in [1.29, 1.82) is 0 Å². The van der Waals surface area contributed by atoms with Gasteiger partial charge in [0.05, 0.1) is 19.8 Å². The molecule has 1 fully saturated rings. The number of benzene rings is 2. The number of hydrogen-bond donors (Lipinski definition) is 2. The molecule has 1 unspecified atom stereocenters. The third-order valence-electron chi connectivity index (χ3n) is 4.70. The van der Waals surface area contributed by atoms with Crippen molar-refractivity contribution in [3.05, 3.63) is 59.9 Å². The third kappa shape index (κ3) is 6.35. The number of guanidine groups is 1. The average Bonchev–Trinajstić information content (AvgIpc) is 2.75. The van der Waals surface area contributed by atoms with Gasteiger partial charge in [0.1, 0.15) is 17.7 Å². The fraction of sp³-hybridized carbons (Fsp3) is 0.409. The zero-order valence-corrected chi connectivity index (χ0v) is 17.0. The van der Waals surface area contributed by atoms with Crippen molar-refractivity contribution in [1.82, 2.24) is 10.6 Å². The maximum atomic E-state index is 13.3. The van der Waals surface area contributed by atoms with Crippen molar-refractivity contribution in [2.75, 3.05) is 44.8 Å². The Morgan fingerprint density at radius 1 is 1.17 bits per heavy atom. The van der Waals surface area contributed by atoms with Gasteiger partial charge in [-0.3, -0.25) is 4.99 Å². The fourth-order valence-corrected chi connectivity index (χ4v) is 3.23. The van der Waals surface area contributed by atoms with E-state index in [-0.39, 0.29) is 11.9 Å². The lowest BCUT2D eigenvalue weighted by Gasteiger charge is -2.30. The summed E-state index contributed by atoms with van der Waals surface area (Å²) < 4.78 is 24.5. The Morgan fingerprint density at radius 2 is 1.97 bits per heavy atom. The van der Waals surface area contributed by atoms with E-state index < -0.39 is 0 Å². The van der Waals surface area contributed by atoms with E-state index in [0.717, 1.165) is 26.3 Å². The van der Waals surface area contributed by atoms with Gasteiger partial charge in [0.2, 0.25) is 0 Å². The molecule has 0 saturated carbocycles. The summed E-state index contributed by atoms with van der Waals surface area (Å²) in [5.74, 6) is 0.900. The first-order valence-corrected chi connectivity index (χ1v) is 9.93. The Morgan fingerprint density at radius 3 is 2.72 bits per heavy atom. The number of anilines is 1. The van der Waals surface area contributed by atoms with Gasteiger partial charge in [-0.1, -0.05) is 24.3 Å². The van der Waals surface area contributed by atoms with E-state index >= 15 is 0 Å². The van der Waals surface area contributed by atoms with Crippen LogP contribution in [0.25, 0.3) is 0 Å². The Hall–Kier alpha value is -2.80. The van der Waals surface area contributed by atoms with Gasteiger partial charge < -0.3 is 25.0 Å². The molecule has 0 radical (unpaired) electrons. The van der Waals surface area contributed by atoms with Gasteiger partial charge in [-0.25, -0.2) is 4.39 Å². The lowest BCUT2D eigenvalue weighted by molar-refractivity contribution is 0.122. The highest BCUT2D eigenvalue weighted by Crippen LogP contribution is 2.21. The minimum atomic E-state index is -0.306. The first-order chi connectivity index (χ1) is 14.2. The van der Waals surface area contributed by atoms with Crippen molar-refractivity contribution in [2.45, 2.75) is 19.6 Å². The number of rotatable bonds is 7. The molecule has 0 bridgehead atoms. The first kappa shape index (κ1) is 20.9. The fourth-order valence-electron chi connectivity index (χ4n) is 3.23. The van der Waals surface area contributed by atoms with Crippen LogP contribution in [-0.4, -0.2) is 52.0 Å². The third-order valence-corrected chi connectivity index (χ3v) is 4.70. The van der Waals surface area contributed by atoms with Crippen LogP contribution in [0.5, 0.6) is 5.75 Å². The lowest BCUT2D eigenvalue weighted by atomic mass is 10.1. The highest BCUT2D eigenvalue weighted by molar-refractivity contribution is 5.79. The number of ether oxygens (including phenoxy) is 2. The van der Waals surface area contributed by atoms with E-state index in [4.69, 9.17) is 9.47 Å². The van der Waals surface area contributed by atoms with Crippen LogP contribution in [0.3, 0.4) is 0 Å². The summed E-state index contributed by atoms with van der Waals surface area (Å²) in [5, 5.41) is 6.62. The van der Waals surface area contributed by atoms with E-state index in [0.29, 0.717) is 24.8 Å². The van der Waals surface area contributed by atoms with Crippen LogP contribution in [0, 0.1) is 5.82 Å². The predicted octanol–water partition coefficient (Wildman–Crippen LogP) is 2.79. The molecule has 2 aromatic carbocycles. The van der Waals surface area contributed by atoms with Crippen molar-refractivity contribution in [2.24, 2.45) is 4.99 Å². The molecule has 0 aromatic heterocycles. The van der Waals surface area contributed by atoms with Gasteiger partial charge in [-0.05, 0) is 30.7 Å². The molecule has 2 aromatic rings. The van der Waals surface area contributed by atoms with Crippen molar-refractivity contribution in [3.63, 3.8) is 0 Å². The Kier molecular flexibility index (Phi) is 7.69. The molecule has 1 heterocycles. The standard InChI is InChI=1S/C22H29FN4O2/c1-17(29-20-8-5-7-19(23)14-20)15-25-22(24-2)26-16-18-6-3-4-9-21(18)27-10-12-28-13-11-27/h3-9,14,17H,10-13,15-16H2,1-2H3,(H2,24,25,26). The molecule has 7 heteroatoms. The molecule has 29 heavy (non-hydrogen) atoms. The van der Waals surface area contributed by atoms with Gasteiger partial charge in [0.15, 0.2) is 5.96 Å². The number of nitrogens with one attached hydrogen (secondary N) is 2. The normalized spacial score (nSPS) is 15.7.